The topological polar surface area (TPSA) is 32.3 Å². The Hall–Kier alpha value is -0.570. The molecule has 19 heavy (non-hydrogen) atoms. The Labute approximate surface area is 115 Å². The van der Waals surface area contributed by atoms with Crippen molar-refractivity contribution in [1.29, 1.82) is 0 Å². The largest absolute Gasteiger partial charge is 0.342 e. The van der Waals surface area contributed by atoms with Crippen LogP contribution >= 0.6 is 0 Å². The van der Waals surface area contributed by atoms with Gasteiger partial charge in [-0.2, -0.15) is 0 Å². The fourth-order valence-corrected chi connectivity index (χ4v) is 6.11. The molecule has 1 amide bonds. The van der Waals surface area contributed by atoms with Gasteiger partial charge in [-0.25, -0.2) is 0 Å². The van der Waals surface area contributed by atoms with Crippen molar-refractivity contribution in [2.45, 2.75) is 38.1 Å². The van der Waals surface area contributed by atoms with E-state index in [1.807, 2.05) is 0 Å². The number of nitrogens with zero attached hydrogens (tertiary/aromatic N) is 1. The highest BCUT2D eigenvalue weighted by atomic mass is 16.2. The van der Waals surface area contributed by atoms with Crippen LogP contribution in [0.1, 0.15) is 32.1 Å². The number of amides is 1. The maximum atomic E-state index is 12.8. The van der Waals surface area contributed by atoms with Gasteiger partial charge in [-0.1, -0.05) is 0 Å². The van der Waals surface area contributed by atoms with Gasteiger partial charge in [0.2, 0.25) is 5.91 Å². The van der Waals surface area contributed by atoms with E-state index in [-0.39, 0.29) is 0 Å². The van der Waals surface area contributed by atoms with E-state index in [4.69, 9.17) is 0 Å². The number of rotatable bonds is 1. The lowest BCUT2D eigenvalue weighted by Crippen LogP contribution is -2.47. The molecule has 2 aliphatic heterocycles. The summed E-state index contributed by atoms with van der Waals surface area (Å²) in [6.07, 6.45) is 6.75. The molecular formula is C16H24N2O. The molecule has 104 valence electrons. The van der Waals surface area contributed by atoms with E-state index in [2.05, 4.69) is 10.2 Å². The predicted octanol–water partition coefficient (Wildman–Crippen LogP) is 1.49. The molecule has 2 bridgehead atoms. The Balaban J connectivity index is 1.29. The van der Waals surface area contributed by atoms with Crippen LogP contribution in [-0.4, -0.2) is 36.5 Å². The van der Waals surface area contributed by atoms with E-state index in [1.165, 1.54) is 32.1 Å². The second-order valence-electron chi connectivity index (χ2n) is 7.70. The smallest absolute Gasteiger partial charge is 0.226 e. The zero-order valence-electron chi connectivity index (χ0n) is 11.6. The number of nitrogens with one attached hydrogen (secondary N) is 1. The highest BCUT2D eigenvalue weighted by Gasteiger charge is 2.68. The van der Waals surface area contributed by atoms with Gasteiger partial charge in [0, 0.05) is 25.0 Å². The third-order valence-corrected chi connectivity index (χ3v) is 6.99. The third-order valence-electron chi connectivity index (χ3n) is 6.99. The van der Waals surface area contributed by atoms with Gasteiger partial charge in [0.15, 0.2) is 0 Å². The van der Waals surface area contributed by atoms with Crippen molar-refractivity contribution in [2.24, 2.45) is 35.5 Å². The summed E-state index contributed by atoms with van der Waals surface area (Å²) in [4.78, 5) is 15.0. The molecule has 2 heterocycles. The molecule has 6 atom stereocenters. The molecule has 0 aromatic carbocycles. The van der Waals surface area contributed by atoms with Crippen molar-refractivity contribution in [3.8, 4) is 0 Å². The first-order valence-corrected chi connectivity index (χ1v) is 8.35. The molecule has 1 N–H and O–H groups in total. The third kappa shape index (κ3) is 1.45. The lowest BCUT2D eigenvalue weighted by molar-refractivity contribution is -0.135. The first kappa shape index (κ1) is 11.1. The van der Waals surface area contributed by atoms with Gasteiger partial charge in [-0.15, -0.1) is 0 Å². The fourth-order valence-electron chi connectivity index (χ4n) is 6.11. The minimum absolute atomic E-state index is 0.456. The van der Waals surface area contributed by atoms with Gasteiger partial charge in [0.05, 0.1) is 0 Å². The zero-order chi connectivity index (χ0) is 12.6. The summed E-state index contributed by atoms with van der Waals surface area (Å²) < 4.78 is 0. The van der Waals surface area contributed by atoms with E-state index in [1.54, 1.807) is 0 Å². The maximum Gasteiger partial charge on any atom is 0.226 e. The summed E-state index contributed by atoms with van der Waals surface area (Å²) >= 11 is 0. The van der Waals surface area contributed by atoms with Crippen molar-refractivity contribution in [2.75, 3.05) is 19.6 Å². The number of hydrogen-bond acceptors (Lipinski definition) is 2. The van der Waals surface area contributed by atoms with Crippen LogP contribution in [-0.2, 0) is 4.79 Å². The van der Waals surface area contributed by atoms with Gasteiger partial charge < -0.3 is 10.2 Å². The van der Waals surface area contributed by atoms with E-state index < -0.39 is 0 Å². The van der Waals surface area contributed by atoms with Gasteiger partial charge in [-0.05, 0) is 68.2 Å². The molecule has 0 aromatic heterocycles. The number of likely N-dealkylation sites (tertiary alicyclic amines) is 1. The molecule has 0 spiro atoms. The van der Waals surface area contributed by atoms with Crippen molar-refractivity contribution in [1.82, 2.24) is 10.2 Å². The monoisotopic (exact) mass is 260 g/mol. The quantitative estimate of drug-likeness (QED) is 0.775. The zero-order valence-corrected chi connectivity index (χ0v) is 11.6. The van der Waals surface area contributed by atoms with Crippen molar-refractivity contribution in [3.63, 3.8) is 0 Å². The molecule has 0 radical (unpaired) electrons. The van der Waals surface area contributed by atoms with Crippen LogP contribution in [0.5, 0.6) is 0 Å². The average molecular weight is 260 g/mol. The number of hydrogen-bond donors (Lipinski definition) is 1. The highest BCUT2D eigenvalue weighted by Crippen LogP contribution is 2.69. The van der Waals surface area contributed by atoms with Crippen LogP contribution in [0.25, 0.3) is 0 Å². The lowest BCUT2D eigenvalue weighted by Gasteiger charge is -2.35. The lowest BCUT2D eigenvalue weighted by atomic mass is 9.92. The molecular weight excluding hydrogens is 236 g/mol. The highest BCUT2D eigenvalue weighted by molar-refractivity contribution is 5.83. The summed E-state index contributed by atoms with van der Waals surface area (Å²) in [6, 6.07) is 0.707. The predicted molar refractivity (Wildman–Crippen MR) is 72.4 cm³/mol. The maximum absolute atomic E-state index is 12.8. The van der Waals surface area contributed by atoms with Gasteiger partial charge in [0.1, 0.15) is 0 Å². The van der Waals surface area contributed by atoms with Crippen LogP contribution in [0, 0.1) is 35.5 Å². The molecule has 5 aliphatic rings. The van der Waals surface area contributed by atoms with Crippen molar-refractivity contribution >= 4 is 5.91 Å². The molecule has 0 aromatic rings. The Morgan fingerprint density at radius 1 is 1.00 bits per heavy atom. The van der Waals surface area contributed by atoms with Gasteiger partial charge in [-0.3, -0.25) is 4.79 Å². The van der Waals surface area contributed by atoms with E-state index in [0.717, 1.165) is 49.2 Å². The SMILES string of the molecule is O=C(C1C2C3CCC(C3)C12)N1CCC2NCCC2C1. The summed E-state index contributed by atoms with van der Waals surface area (Å²) in [6.45, 7) is 3.22. The molecule has 3 saturated carbocycles. The molecule has 2 saturated heterocycles. The van der Waals surface area contributed by atoms with Crippen LogP contribution in [0.4, 0.5) is 0 Å². The van der Waals surface area contributed by atoms with E-state index in [9.17, 15) is 4.79 Å². The number of piperidine rings is 1. The summed E-state index contributed by atoms with van der Waals surface area (Å²) in [5.74, 6) is 5.21. The molecule has 6 unspecified atom stereocenters. The molecule has 5 rings (SSSR count). The Kier molecular flexibility index (Phi) is 2.20. The second kappa shape index (κ2) is 3.75. The fraction of sp³-hybridized carbons (Fsp3) is 0.938. The normalized spacial score (nSPS) is 54.1. The van der Waals surface area contributed by atoms with Gasteiger partial charge in [0.25, 0.3) is 0 Å². The minimum Gasteiger partial charge on any atom is -0.342 e. The average Bonchev–Trinajstić information content (AvgIpc) is 2.84. The Bertz CT molecular complexity index is 407. The second-order valence-corrected chi connectivity index (χ2v) is 7.70. The molecule has 3 nitrogen and oxygen atoms in total. The van der Waals surface area contributed by atoms with Crippen LogP contribution in [0.15, 0.2) is 0 Å². The Morgan fingerprint density at radius 2 is 1.79 bits per heavy atom. The summed E-state index contributed by atoms with van der Waals surface area (Å²) in [5.41, 5.74) is 0. The number of carbonyl (C=O) groups excluding carboxylic acids is 1. The first-order chi connectivity index (χ1) is 9.33. The first-order valence-electron chi connectivity index (χ1n) is 8.35. The standard InChI is InChI=1S/C16H24N2O/c19-16(15-13-9-1-2-10(7-9)14(13)15)18-6-4-12-11(8-18)3-5-17-12/h9-15,17H,1-8H2. The minimum atomic E-state index is 0.456. The van der Waals surface area contributed by atoms with Crippen molar-refractivity contribution < 1.29 is 4.79 Å². The van der Waals surface area contributed by atoms with Crippen LogP contribution < -0.4 is 5.32 Å². The number of fused-ring (bicyclic) bond motifs is 6. The van der Waals surface area contributed by atoms with Crippen LogP contribution in [0.2, 0.25) is 0 Å². The van der Waals surface area contributed by atoms with Crippen molar-refractivity contribution in [3.05, 3.63) is 0 Å². The van der Waals surface area contributed by atoms with Crippen LogP contribution in [0.3, 0.4) is 0 Å². The molecule has 3 heteroatoms. The molecule has 5 fully saturated rings. The van der Waals surface area contributed by atoms with E-state index >= 15 is 0 Å². The number of carbonyl (C=O) groups is 1. The summed E-state index contributed by atoms with van der Waals surface area (Å²) in [7, 11) is 0. The summed E-state index contributed by atoms with van der Waals surface area (Å²) in [5, 5.41) is 3.59. The van der Waals surface area contributed by atoms with E-state index in [0.29, 0.717) is 17.9 Å². The Morgan fingerprint density at radius 3 is 2.58 bits per heavy atom. The molecule has 3 aliphatic carbocycles. The van der Waals surface area contributed by atoms with Gasteiger partial charge >= 0.3 is 0 Å².